The molecule has 0 radical (unpaired) electrons. The molecule has 304 valence electrons. The lowest BCUT2D eigenvalue weighted by Crippen LogP contribution is -2.28. The van der Waals surface area contributed by atoms with Crippen molar-refractivity contribution in [2.75, 3.05) is 13.2 Å². The zero-order valence-corrected chi connectivity index (χ0v) is 34.6. The molecule has 0 heterocycles. The summed E-state index contributed by atoms with van der Waals surface area (Å²) in [4.78, 5) is 24.3. The second-order valence-corrected chi connectivity index (χ2v) is 15.9. The minimum atomic E-state index is -0.762. The molecule has 0 aromatic heterocycles. The van der Waals surface area contributed by atoms with Crippen LogP contribution in [-0.4, -0.2) is 36.4 Å². The second-order valence-electron chi connectivity index (χ2n) is 15.9. The minimum absolute atomic E-state index is 0.0563. The molecule has 0 fully saturated rings. The van der Waals surface area contributed by atoms with Crippen molar-refractivity contribution >= 4 is 11.9 Å². The van der Waals surface area contributed by atoms with E-state index in [-0.39, 0.29) is 25.2 Å². The lowest BCUT2D eigenvalue weighted by atomic mass is 10.0. The van der Waals surface area contributed by atoms with E-state index in [0.29, 0.717) is 12.8 Å². The van der Waals surface area contributed by atoms with E-state index in [9.17, 15) is 14.7 Å². The van der Waals surface area contributed by atoms with E-state index in [1.54, 1.807) is 0 Å². The SMILES string of the molecule is CCCCCCCCCCCCCCCCCCCCCCCC(=O)OC(CO)COC(=O)CCCCCCCCCCCCCCCCCC. The number of hydrogen-bond acceptors (Lipinski definition) is 5. The van der Waals surface area contributed by atoms with E-state index in [4.69, 9.17) is 9.47 Å². The summed E-state index contributed by atoms with van der Waals surface area (Å²) in [6, 6.07) is 0. The zero-order valence-electron chi connectivity index (χ0n) is 34.6. The smallest absolute Gasteiger partial charge is 0.306 e. The van der Waals surface area contributed by atoms with Crippen LogP contribution in [0.4, 0.5) is 0 Å². The van der Waals surface area contributed by atoms with Crippen molar-refractivity contribution in [3.63, 3.8) is 0 Å². The van der Waals surface area contributed by atoms with Gasteiger partial charge in [-0.3, -0.25) is 9.59 Å². The summed E-state index contributed by atoms with van der Waals surface area (Å²) in [5.41, 5.74) is 0. The largest absolute Gasteiger partial charge is 0.462 e. The van der Waals surface area contributed by atoms with E-state index in [0.717, 1.165) is 32.1 Å². The third-order valence-electron chi connectivity index (χ3n) is 10.7. The molecular weight excluding hydrogens is 633 g/mol. The molecule has 1 atom stereocenters. The molecule has 0 spiro atoms. The van der Waals surface area contributed by atoms with Gasteiger partial charge in [0, 0.05) is 12.8 Å². The molecule has 0 bridgehead atoms. The Morgan fingerprint density at radius 1 is 0.373 bits per heavy atom. The fourth-order valence-corrected chi connectivity index (χ4v) is 7.15. The van der Waals surface area contributed by atoms with Crippen LogP contribution in [-0.2, 0) is 19.1 Å². The highest BCUT2D eigenvalue weighted by Gasteiger charge is 2.16. The summed E-state index contributed by atoms with van der Waals surface area (Å²) in [6.45, 7) is 4.19. The molecular formula is C46H90O5. The predicted molar refractivity (Wildman–Crippen MR) is 219 cm³/mol. The quantitative estimate of drug-likeness (QED) is 0.0501. The van der Waals surface area contributed by atoms with Gasteiger partial charge in [0.25, 0.3) is 0 Å². The van der Waals surface area contributed by atoms with Crippen molar-refractivity contribution in [2.45, 2.75) is 270 Å². The Hall–Kier alpha value is -1.10. The maximum absolute atomic E-state index is 12.2. The summed E-state index contributed by atoms with van der Waals surface area (Å²) in [5.74, 6) is -0.570. The summed E-state index contributed by atoms with van der Waals surface area (Å²) in [7, 11) is 0. The van der Waals surface area contributed by atoms with Crippen LogP contribution in [0.5, 0.6) is 0 Å². The molecule has 0 aromatic carbocycles. The third kappa shape index (κ3) is 41.5. The summed E-state index contributed by atoms with van der Waals surface area (Å²) < 4.78 is 10.7. The van der Waals surface area contributed by atoms with Crippen LogP contribution >= 0.6 is 0 Å². The maximum Gasteiger partial charge on any atom is 0.306 e. The van der Waals surface area contributed by atoms with Gasteiger partial charge in [0.1, 0.15) is 6.61 Å². The van der Waals surface area contributed by atoms with Crippen molar-refractivity contribution in [3.8, 4) is 0 Å². The van der Waals surface area contributed by atoms with Crippen LogP contribution in [0.1, 0.15) is 264 Å². The molecule has 0 aliphatic heterocycles. The monoisotopic (exact) mass is 723 g/mol. The number of carbonyl (C=O) groups excluding carboxylic acids is 2. The van der Waals surface area contributed by atoms with Crippen molar-refractivity contribution in [3.05, 3.63) is 0 Å². The first-order valence-electron chi connectivity index (χ1n) is 23.1. The molecule has 0 rings (SSSR count). The van der Waals surface area contributed by atoms with Gasteiger partial charge in [-0.25, -0.2) is 0 Å². The number of ether oxygens (including phenoxy) is 2. The third-order valence-corrected chi connectivity index (χ3v) is 10.7. The zero-order chi connectivity index (χ0) is 37.1. The highest BCUT2D eigenvalue weighted by atomic mass is 16.6. The van der Waals surface area contributed by atoms with E-state index >= 15 is 0 Å². The fourth-order valence-electron chi connectivity index (χ4n) is 7.15. The molecule has 5 heteroatoms. The summed E-state index contributed by atoms with van der Waals surface area (Å²) >= 11 is 0. The Morgan fingerprint density at radius 3 is 0.863 bits per heavy atom. The van der Waals surface area contributed by atoms with Crippen molar-refractivity contribution in [2.24, 2.45) is 0 Å². The van der Waals surface area contributed by atoms with Crippen LogP contribution in [0, 0.1) is 0 Å². The van der Waals surface area contributed by atoms with E-state index in [2.05, 4.69) is 13.8 Å². The molecule has 1 unspecified atom stereocenters. The fraction of sp³-hybridized carbons (Fsp3) is 0.957. The first-order chi connectivity index (χ1) is 25.1. The van der Waals surface area contributed by atoms with E-state index in [1.807, 2.05) is 0 Å². The number of unbranched alkanes of at least 4 members (excludes halogenated alkanes) is 35. The Morgan fingerprint density at radius 2 is 0.608 bits per heavy atom. The van der Waals surface area contributed by atoms with Crippen LogP contribution in [0.25, 0.3) is 0 Å². The van der Waals surface area contributed by atoms with Gasteiger partial charge in [-0.2, -0.15) is 0 Å². The van der Waals surface area contributed by atoms with Crippen molar-refractivity contribution < 1.29 is 24.2 Å². The van der Waals surface area contributed by atoms with E-state index < -0.39 is 6.10 Å². The molecule has 5 nitrogen and oxygen atoms in total. The Bertz CT molecular complexity index is 695. The standard InChI is InChI=1S/C46H90O5/c1-3-5-7-9-11-13-15-17-19-21-22-23-24-25-27-29-31-33-35-37-39-41-46(49)51-44(42-47)43-50-45(48)40-38-36-34-32-30-28-26-20-18-16-14-12-10-8-6-4-2/h44,47H,3-43H2,1-2H3. The van der Waals surface area contributed by atoms with Crippen molar-refractivity contribution in [1.29, 1.82) is 0 Å². The van der Waals surface area contributed by atoms with Crippen LogP contribution in [0.15, 0.2) is 0 Å². The molecule has 0 saturated heterocycles. The van der Waals surface area contributed by atoms with Gasteiger partial charge in [0.15, 0.2) is 6.10 Å². The predicted octanol–water partition coefficient (Wildman–Crippen LogP) is 14.7. The Labute approximate surface area is 319 Å². The normalized spacial score (nSPS) is 12.0. The van der Waals surface area contributed by atoms with Gasteiger partial charge in [0.05, 0.1) is 6.61 Å². The first kappa shape index (κ1) is 49.9. The lowest BCUT2D eigenvalue weighted by molar-refractivity contribution is -0.161. The molecule has 1 N–H and O–H groups in total. The topological polar surface area (TPSA) is 72.8 Å². The number of aliphatic hydroxyl groups is 1. The van der Waals surface area contributed by atoms with Crippen LogP contribution in [0.3, 0.4) is 0 Å². The van der Waals surface area contributed by atoms with Gasteiger partial charge in [-0.1, -0.05) is 239 Å². The molecule has 51 heavy (non-hydrogen) atoms. The highest BCUT2D eigenvalue weighted by Crippen LogP contribution is 2.17. The van der Waals surface area contributed by atoms with Gasteiger partial charge >= 0.3 is 11.9 Å². The van der Waals surface area contributed by atoms with Gasteiger partial charge in [0.2, 0.25) is 0 Å². The van der Waals surface area contributed by atoms with Gasteiger partial charge in [-0.05, 0) is 12.8 Å². The number of hydrogen-bond donors (Lipinski definition) is 1. The van der Waals surface area contributed by atoms with Gasteiger partial charge in [-0.15, -0.1) is 0 Å². The molecule has 0 saturated carbocycles. The lowest BCUT2D eigenvalue weighted by Gasteiger charge is -2.15. The molecule has 0 aromatic rings. The Kier molecular flexibility index (Phi) is 42.4. The Balaban J connectivity index is 3.44. The maximum atomic E-state index is 12.2. The highest BCUT2D eigenvalue weighted by molar-refractivity contribution is 5.70. The number of rotatable bonds is 43. The molecule has 0 aliphatic carbocycles. The number of aliphatic hydroxyl groups excluding tert-OH is 1. The second kappa shape index (κ2) is 43.3. The molecule has 0 amide bonds. The number of esters is 2. The van der Waals surface area contributed by atoms with Gasteiger partial charge < -0.3 is 14.6 Å². The summed E-state index contributed by atoms with van der Waals surface area (Å²) in [6.07, 6.45) is 49.0. The first-order valence-corrected chi connectivity index (χ1v) is 23.1. The van der Waals surface area contributed by atoms with Crippen molar-refractivity contribution in [1.82, 2.24) is 0 Å². The van der Waals surface area contributed by atoms with Crippen LogP contribution in [0.2, 0.25) is 0 Å². The van der Waals surface area contributed by atoms with E-state index in [1.165, 1.54) is 205 Å². The summed E-state index contributed by atoms with van der Waals surface area (Å²) in [5, 5.41) is 9.59. The number of carbonyl (C=O) groups is 2. The molecule has 0 aliphatic rings. The van der Waals surface area contributed by atoms with Crippen LogP contribution < -0.4 is 0 Å². The average molecular weight is 723 g/mol. The minimum Gasteiger partial charge on any atom is -0.462 e. The average Bonchev–Trinajstić information content (AvgIpc) is 3.13.